The summed E-state index contributed by atoms with van der Waals surface area (Å²) in [5, 5.41) is 12.6. The molecule has 0 radical (unpaired) electrons. The predicted molar refractivity (Wildman–Crippen MR) is 92.1 cm³/mol. The van der Waals surface area contributed by atoms with E-state index in [0.717, 1.165) is 27.9 Å². The minimum absolute atomic E-state index is 0.701. The van der Waals surface area contributed by atoms with E-state index in [9.17, 15) is 4.79 Å². The van der Waals surface area contributed by atoms with E-state index in [0.29, 0.717) is 6.54 Å². The highest BCUT2D eigenvalue weighted by Crippen LogP contribution is 2.12. The number of hydrogen-bond donors (Lipinski definition) is 2. The number of carboxylic acids is 1. The molecule has 0 aromatic heterocycles. The van der Waals surface area contributed by atoms with Crippen molar-refractivity contribution in [1.82, 2.24) is 0 Å². The number of carbonyl (C=O) groups is 1. The minimum Gasteiger partial charge on any atom is -0.478 e. The third-order valence-electron chi connectivity index (χ3n) is 2.93. The summed E-state index contributed by atoms with van der Waals surface area (Å²) in [4.78, 5) is 10.4. The SMILES string of the molecule is O=C(O)C=Cc1ccc(NCC=Cc2ccc(Cl)cc2)cc1. The number of halogens is 1. The minimum atomic E-state index is -0.950. The Balaban J connectivity index is 1.84. The van der Waals surface area contributed by atoms with Crippen molar-refractivity contribution >= 4 is 35.4 Å². The Labute approximate surface area is 134 Å². The van der Waals surface area contributed by atoms with E-state index >= 15 is 0 Å². The van der Waals surface area contributed by atoms with Gasteiger partial charge in [-0.05, 0) is 41.5 Å². The van der Waals surface area contributed by atoms with Crippen LogP contribution in [0.4, 0.5) is 5.69 Å². The van der Waals surface area contributed by atoms with E-state index in [1.165, 1.54) is 0 Å². The van der Waals surface area contributed by atoms with Gasteiger partial charge in [-0.1, -0.05) is 48.0 Å². The zero-order valence-electron chi connectivity index (χ0n) is 11.9. The van der Waals surface area contributed by atoms with E-state index in [-0.39, 0.29) is 0 Å². The molecule has 2 aromatic rings. The van der Waals surface area contributed by atoms with Gasteiger partial charge < -0.3 is 10.4 Å². The van der Waals surface area contributed by atoms with Gasteiger partial charge in [0.05, 0.1) is 0 Å². The molecule has 0 heterocycles. The second kappa shape index (κ2) is 8.05. The van der Waals surface area contributed by atoms with Gasteiger partial charge >= 0.3 is 5.97 Å². The fourth-order valence-electron chi connectivity index (χ4n) is 1.83. The summed E-state index contributed by atoms with van der Waals surface area (Å²) in [6.07, 6.45) is 6.73. The fraction of sp³-hybridized carbons (Fsp3) is 0.0556. The highest BCUT2D eigenvalue weighted by atomic mass is 35.5. The second-order valence-electron chi connectivity index (χ2n) is 4.63. The molecule has 0 fully saturated rings. The predicted octanol–water partition coefficient (Wildman–Crippen LogP) is 4.56. The van der Waals surface area contributed by atoms with Crippen LogP contribution < -0.4 is 5.32 Å². The van der Waals surface area contributed by atoms with Gasteiger partial charge in [0.2, 0.25) is 0 Å². The number of carboxylic acid groups (broad SMARTS) is 1. The molecule has 0 aliphatic carbocycles. The molecule has 0 atom stereocenters. The zero-order chi connectivity index (χ0) is 15.8. The van der Waals surface area contributed by atoms with Gasteiger partial charge in [0.15, 0.2) is 0 Å². The Morgan fingerprint density at radius 3 is 2.23 bits per heavy atom. The molecule has 112 valence electrons. The number of nitrogens with one attached hydrogen (secondary N) is 1. The topological polar surface area (TPSA) is 49.3 Å². The zero-order valence-corrected chi connectivity index (χ0v) is 12.6. The molecule has 2 aromatic carbocycles. The lowest BCUT2D eigenvalue weighted by Gasteiger charge is -2.03. The molecule has 0 saturated carbocycles. The molecule has 0 aliphatic rings. The molecule has 4 heteroatoms. The van der Waals surface area contributed by atoms with Crippen LogP contribution in [0, 0.1) is 0 Å². The first-order valence-corrected chi connectivity index (χ1v) is 7.18. The van der Waals surface area contributed by atoms with Gasteiger partial charge in [0.25, 0.3) is 0 Å². The van der Waals surface area contributed by atoms with E-state index in [1.807, 2.05) is 60.7 Å². The summed E-state index contributed by atoms with van der Waals surface area (Å²) < 4.78 is 0. The normalized spacial score (nSPS) is 11.1. The van der Waals surface area contributed by atoms with E-state index < -0.39 is 5.97 Å². The summed E-state index contributed by atoms with van der Waals surface area (Å²) in [5.74, 6) is -0.950. The van der Waals surface area contributed by atoms with Gasteiger partial charge in [0.1, 0.15) is 0 Å². The Kier molecular flexibility index (Phi) is 5.81. The van der Waals surface area contributed by atoms with Crippen molar-refractivity contribution in [1.29, 1.82) is 0 Å². The molecule has 0 saturated heterocycles. The van der Waals surface area contributed by atoms with Crippen molar-refractivity contribution in [3.63, 3.8) is 0 Å². The van der Waals surface area contributed by atoms with E-state index in [2.05, 4.69) is 5.32 Å². The molecular weight excluding hydrogens is 298 g/mol. The lowest BCUT2D eigenvalue weighted by molar-refractivity contribution is -0.131. The molecule has 3 nitrogen and oxygen atoms in total. The smallest absolute Gasteiger partial charge is 0.328 e. The highest BCUT2D eigenvalue weighted by molar-refractivity contribution is 6.30. The van der Waals surface area contributed by atoms with Crippen LogP contribution in [-0.4, -0.2) is 17.6 Å². The monoisotopic (exact) mass is 313 g/mol. The molecule has 0 unspecified atom stereocenters. The number of aliphatic carboxylic acids is 1. The summed E-state index contributed by atoms with van der Waals surface area (Å²) in [5.41, 5.74) is 2.93. The van der Waals surface area contributed by atoms with Crippen molar-refractivity contribution < 1.29 is 9.90 Å². The van der Waals surface area contributed by atoms with Crippen LogP contribution in [0.15, 0.2) is 60.7 Å². The van der Waals surface area contributed by atoms with Crippen LogP contribution in [-0.2, 0) is 4.79 Å². The maximum atomic E-state index is 10.4. The maximum absolute atomic E-state index is 10.4. The third kappa shape index (κ3) is 5.46. The van der Waals surface area contributed by atoms with Crippen LogP contribution in [0.25, 0.3) is 12.2 Å². The van der Waals surface area contributed by atoms with Gasteiger partial charge in [-0.15, -0.1) is 0 Å². The molecule has 2 rings (SSSR count). The third-order valence-corrected chi connectivity index (χ3v) is 3.19. The average molecular weight is 314 g/mol. The number of anilines is 1. The van der Waals surface area contributed by atoms with Crippen molar-refractivity contribution in [3.8, 4) is 0 Å². The van der Waals surface area contributed by atoms with Gasteiger partial charge in [0, 0.05) is 23.3 Å². The van der Waals surface area contributed by atoms with Crippen molar-refractivity contribution in [2.45, 2.75) is 0 Å². The lowest BCUT2D eigenvalue weighted by atomic mass is 10.2. The first kappa shape index (κ1) is 15.9. The Morgan fingerprint density at radius 1 is 1.00 bits per heavy atom. The highest BCUT2D eigenvalue weighted by Gasteiger charge is 1.92. The average Bonchev–Trinajstić information content (AvgIpc) is 2.52. The number of rotatable bonds is 6. The van der Waals surface area contributed by atoms with Gasteiger partial charge in [-0.3, -0.25) is 0 Å². The Hall–Kier alpha value is -2.52. The second-order valence-corrected chi connectivity index (χ2v) is 5.06. The largest absolute Gasteiger partial charge is 0.478 e. The Bertz CT molecular complexity index is 673. The lowest BCUT2D eigenvalue weighted by Crippen LogP contribution is -1.97. The van der Waals surface area contributed by atoms with Crippen molar-refractivity contribution in [2.24, 2.45) is 0 Å². The molecule has 0 bridgehead atoms. The maximum Gasteiger partial charge on any atom is 0.328 e. The number of benzene rings is 2. The van der Waals surface area contributed by atoms with Crippen LogP contribution in [0.3, 0.4) is 0 Å². The first-order valence-electron chi connectivity index (χ1n) is 6.80. The standard InChI is InChI=1S/C18H16ClNO2/c19-16-8-3-14(4-9-16)2-1-13-20-17-10-5-15(6-11-17)7-12-18(21)22/h1-12,20H,13H2,(H,21,22). The van der Waals surface area contributed by atoms with Crippen molar-refractivity contribution in [2.75, 3.05) is 11.9 Å². The van der Waals surface area contributed by atoms with E-state index in [4.69, 9.17) is 16.7 Å². The molecule has 0 spiro atoms. The van der Waals surface area contributed by atoms with Crippen LogP contribution in [0.2, 0.25) is 5.02 Å². The van der Waals surface area contributed by atoms with Crippen LogP contribution in [0.5, 0.6) is 0 Å². The number of hydrogen-bond acceptors (Lipinski definition) is 2. The van der Waals surface area contributed by atoms with Crippen LogP contribution >= 0.6 is 11.6 Å². The molecule has 22 heavy (non-hydrogen) atoms. The molecule has 2 N–H and O–H groups in total. The Morgan fingerprint density at radius 2 is 1.59 bits per heavy atom. The molecule has 0 aliphatic heterocycles. The van der Waals surface area contributed by atoms with Gasteiger partial charge in [-0.25, -0.2) is 4.79 Å². The quantitative estimate of drug-likeness (QED) is 0.768. The van der Waals surface area contributed by atoms with Gasteiger partial charge in [-0.2, -0.15) is 0 Å². The summed E-state index contributed by atoms with van der Waals surface area (Å²) in [7, 11) is 0. The summed E-state index contributed by atoms with van der Waals surface area (Å²) in [6.45, 7) is 0.701. The first-order chi connectivity index (χ1) is 10.6. The molecular formula is C18H16ClNO2. The fourth-order valence-corrected chi connectivity index (χ4v) is 1.95. The molecule has 0 amide bonds. The van der Waals surface area contributed by atoms with E-state index in [1.54, 1.807) is 6.08 Å². The van der Waals surface area contributed by atoms with Crippen LogP contribution in [0.1, 0.15) is 11.1 Å². The summed E-state index contributed by atoms with van der Waals surface area (Å²) >= 11 is 5.83. The summed E-state index contributed by atoms with van der Waals surface area (Å²) in [6, 6.07) is 15.2. The van der Waals surface area contributed by atoms with Crippen molar-refractivity contribution in [3.05, 3.63) is 76.8 Å².